The van der Waals surface area contributed by atoms with Gasteiger partial charge in [-0.1, -0.05) is 11.3 Å². The number of amides is 2. The number of carbonyl (C=O) groups is 2. The Kier molecular flexibility index (Phi) is 4.24. The van der Waals surface area contributed by atoms with E-state index in [-0.39, 0.29) is 18.4 Å². The number of aromatic nitrogens is 2. The van der Waals surface area contributed by atoms with E-state index < -0.39 is 0 Å². The molecule has 18 heavy (non-hydrogen) atoms. The monoisotopic (exact) mass is 268 g/mol. The summed E-state index contributed by atoms with van der Waals surface area (Å²) in [6, 6.07) is 0. The highest BCUT2D eigenvalue weighted by Gasteiger charge is 2.25. The smallest absolute Gasteiger partial charge is 0.229 e. The highest BCUT2D eigenvalue weighted by atomic mass is 32.1. The van der Waals surface area contributed by atoms with Crippen LogP contribution in [0.15, 0.2) is 0 Å². The minimum atomic E-state index is -0.0994. The molecule has 2 heterocycles. The molecule has 0 saturated carbocycles. The predicted octanol–water partition coefficient (Wildman–Crippen LogP) is 1.40. The van der Waals surface area contributed by atoms with E-state index in [0.29, 0.717) is 17.8 Å². The zero-order valence-corrected chi connectivity index (χ0v) is 11.1. The van der Waals surface area contributed by atoms with Crippen molar-refractivity contribution in [2.45, 2.75) is 39.2 Å². The van der Waals surface area contributed by atoms with Crippen LogP contribution in [0.25, 0.3) is 0 Å². The van der Waals surface area contributed by atoms with Crippen molar-refractivity contribution >= 4 is 28.3 Å². The molecule has 1 aromatic heterocycles. The lowest BCUT2D eigenvalue weighted by atomic mass is 10.2. The maximum atomic E-state index is 11.8. The Balaban J connectivity index is 2.05. The molecule has 0 aromatic carbocycles. The van der Waals surface area contributed by atoms with Crippen LogP contribution in [0.4, 0.5) is 5.13 Å². The van der Waals surface area contributed by atoms with Crippen molar-refractivity contribution in [2.75, 3.05) is 11.9 Å². The fourth-order valence-electron chi connectivity index (χ4n) is 1.81. The summed E-state index contributed by atoms with van der Waals surface area (Å²) in [5.41, 5.74) is 0. The molecule has 1 fully saturated rings. The second kappa shape index (κ2) is 5.90. The fraction of sp³-hybridized carbons (Fsp3) is 0.636. The van der Waals surface area contributed by atoms with Crippen molar-refractivity contribution in [1.29, 1.82) is 0 Å². The average Bonchev–Trinajstić information content (AvgIpc) is 2.72. The van der Waals surface area contributed by atoms with E-state index in [0.717, 1.165) is 24.5 Å². The van der Waals surface area contributed by atoms with E-state index in [1.807, 2.05) is 6.92 Å². The molecule has 0 atom stereocenters. The van der Waals surface area contributed by atoms with Gasteiger partial charge in [-0.3, -0.25) is 14.5 Å². The Bertz CT molecular complexity index is 428. The van der Waals surface area contributed by atoms with Crippen molar-refractivity contribution in [3.05, 3.63) is 5.01 Å². The summed E-state index contributed by atoms with van der Waals surface area (Å²) in [6.07, 6.45) is 2.48. The van der Waals surface area contributed by atoms with Gasteiger partial charge in [0, 0.05) is 19.4 Å². The molecule has 6 nitrogen and oxygen atoms in total. The predicted molar refractivity (Wildman–Crippen MR) is 68.1 cm³/mol. The highest BCUT2D eigenvalue weighted by Crippen LogP contribution is 2.20. The zero-order chi connectivity index (χ0) is 13.0. The van der Waals surface area contributed by atoms with Crippen molar-refractivity contribution in [1.82, 2.24) is 15.1 Å². The van der Waals surface area contributed by atoms with Crippen LogP contribution in [-0.4, -0.2) is 33.5 Å². The number of likely N-dealkylation sites (tertiary alicyclic amines) is 1. The molecule has 1 aliphatic heterocycles. The second-order valence-corrected chi connectivity index (χ2v) is 5.17. The van der Waals surface area contributed by atoms with Gasteiger partial charge in [0.15, 0.2) is 0 Å². The molecule has 0 bridgehead atoms. The largest absolute Gasteiger partial charge is 0.360 e. The first-order chi connectivity index (χ1) is 8.70. The molecule has 1 aliphatic rings. The lowest BCUT2D eigenvalue weighted by Gasteiger charge is -2.16. The van der Waals surface area contributed by atoms with Crippen LogP contribution in [0.5, 0.6) is 0 Å². The molecule has 2 rings (SSSR count). The van der Waals surface area contributed by atoms with Crippen LogP contribution < -0.4 is 5.32 Å². The van der Waals surface area contributed by atoms with E-state index in [2.05, 4.69) is 15.5 Å². The Morgan fingerprint density at radius 2 is 1.89 bits per heavy atom. The lowest BCUT2D eigenvalue weighted by Crippen LogP contribution is -2.34. The number of hydrogen-bond donors (Lipinski definition) is 1. The quantitative estimate of drug-likeness (QED) is 0.835. The van der Waals surface area contributed by atoms with Crippen LogP contribution in [0, 0.1) is 0 Å². The van der Waals surface area contributed by atoms with Crippen LogP contribution >= 0.6 is 11.3 Å². The summed E-state index contributed by atoms with van der Waals surface area (Å²) in [6.45, 7) is 3.00. The standard InChI is InChI=1S/C11H16N4O2S/c1-2-12-11-14-13-8(18-11)7-15-9(16)5-3-4-6-10(15)17/h2-7H2,1H3,(H,12,14). The first kappa shape index (κ1) is 12.9. The number of carbonyl (C=O) groups excluding carboxylic acids is 2. The van der Waals surface area contributed by atoms with E-state index >= 15 is 0 Å². The summed E-state index contributed by atoms with van der Waals surface area (Å²) >= 11 is 1.38. The molecule has 1 N–H and O–H groups in total. The van der Waals surface area contributed by atoms with E-state index in [1.54, 1.807) is 0 Å². The first-order valence-corrected chi connectivity index (χ1v) is 6.91. The van der Waals surface area contributed by atoms with Gasteiger partial charge in [0.25, 0.3) is 0 Å². The summed E-state index contributed by atoms with van der Waals surface area (Å²) in [4.78, 5) is 24.9. The van der Waals surface area contributed by atoms with Crippen molar-refractivity contribution in [2.24, 2.45) is 0 Å². The van der Waals surface area contributed by atoms with Gasteiger partial charge in [0.05, 0.1) is 6.54 Å². The maximum absolute atomic E-state index is 11.8. The minimum Gasteiger partial charge on any atom is -0.360 e. The molecule has 1 aromatic rings. The zero-order valence-electron chi connectivity index (χ0n) is 10.3. The fourth-order valence-corrected chi connectivity index (χ4v) is 2.61. The molecule has 1 saturated heterocycles. The highest BCUT2D eigenvalue weighted by molar-refractivity contribution is 7.15. The van der Waals surface area contributed by atoms with E-state index in [4.69, 9.17) is 0 Å². The molecular weight excluding hydrogens is 252 g/mol. The van der Waals surface area contributed by atoms with Gasteiger partial charge in [-0.05, 0) is 19.8 Å². The van der Waals surface area contributed by atoms with Gasteiger partial charge in [0.1, 0.15) is 5.01 Å². The minimum absolute atomic E-state index is 0.0994. The number of anilines is 1. The molecule has 0 aliphatic carbocycles. The van der Waals surface area contributed by atoms with Crippen LogP contribution in [0.3, 0.4) is 0 Å². The van der Waals surface area contributed by atoms with Gasteiger partial charge in [-0.15, -0.1) is 10.2 Å². The Labute approximate surface area is 109 Å². The summed E-state index contributed by atoms with van der Waals surface area (Å²) < 4.78 is 0. The van der Waals surface area contributed by atoms with Gasteiger partial charge in [0.2, 0.25) is 16.9 Å². The average molecular weight is 268 g/mol. The topological polar surface area (TPSA) is 75.2 Å². The third-order valence-corrected chi connectivity index (χ3v) is 3.59. The van der Waals surface area contributed by atoms with Crippen LogP contribution in [0.2, 0.25) is 0 Å². The molecule has 0 spiro atoms. The van der Waals surface area contributed by atoms with Gasteiger partial charge in [-0.2, -0.15) is 0 Å². The van der Waals surface area contributed by atoms with Gasteiger partial charge in [-0.25, -0.2) is 0 Å². The van der Waals surface area contributed by atoms with E-state index in [9.17, 15) is 9.59 Å². The van der Waals surface area contributed by atoms with Crippen molar-refractivity contribution in [3.8, 4) is 0 Å². The number of nitrogens with zero attached hydrogens (tertiary/aromatic N) is 3. The van der Waals surface area contributed by atoms with Crippen LogP contribution in [0.1, 0.15) is 37.6 Å². The third-order valence-electron chi connectivity index (χ3n) is 2.72. The summed E-state index contributed by atoms with van der Waals surface area (Å²) in [5, 5.41) is 12.4. The van der Waals surface area contributed by atoms with Crippen molar-refractivity contribution in [3.63, 3.8) is 0 Å². The number of rotatable bonds is 4. The molecular formula is C11H16N4O2S. The Hall–Kier alpha value is -1.50. The first-order valence-electron chi connectivity index (χ1n) is 6.10. The molecule has 7 heteroatoms. The molecule has 98 valence electrons. The Morgan fingerprint density at radius 1 is 1.22 bits per heavy atom. The summed E-state index contributed by atoms with van der Waals surface area (Å²) in [5.74, 6) is -0.199. The number of hydrogen-bond acceptors (Lipinski definition) is 6. The SMILES string of the molecule is CCNc1nnc(CN2C(=O)CCCCC2=O)s1. The van der Waals surface area contributed by atoms with Gasteiger partial charge >= 0.3 is 0 Å². The maximum Gasteiger partial charge on any atom is 0.229 e. The molecule has 2 amide bonds. The molecule has 0 unspecified atom stereocenters. The Morgan fingerprint density at radius 3 is 2.50 bits per heavy atom. The molecule has 0 radical (unpaired) electrons. The van der Waals surface area contributed by atoms with Gasteiger partial charge < -0.3 is 5.32 Å². The number of nitrogens with one attached hydrogen (secondary N) is 1. The van der Waals surface area contributed by atoms with E-state index in [1.165, 1.54) is 16.2 Å². The second-order valence-electron chi connectivity index (χ2n) is 4.11. The van der Waals surface area contributed by atoms with Crippen molar-refractivity contribution < 1.29 is 9.59 Å². The normalized spacial score (nSPS) is 16.8. The lowest BCUT2D eigenvalue weighted by molar-refractivity contribution is -0.144. The number of imide groups is 1. The third kappa shape index (κ3) is 3.04. The summed E-state index contributed by atoms with van der Waals surface area (Å²) in [7, 11) is 0. The van der Waals surface area contributed by atoms with Crippen LogP contribution in [-0.2, 0) is 16.1 Å².